The molecular weight excluding hydrogens is 284 g/mol. The summed E-state index contributed by atoms with van der Waals surface area (Å²) in [4.78, 5) is 23.3. The number of aliphatic hydroxyl groups excluding tert-OH is 1. The van der Waals surface area contributed by atoms with Crippen molar-refractivity contribution in [1.82, 2.24) is 5.32 Å². The molecule has 0 aliphatic heterocycles. The Kier molecular flexibility index (Phi) is 4.31. The molecule has 2 heterocycles. The molecule has 0 saturated carbocycles. The topological polar surface area (TPSA) is 92.4 Å². The second kappa shape index (κ2) is 5.96. The summed E-state index contributed by atoms with van der Waals surface area (Å²) in [5, 5.41) is 16.2. The molecule has 2 rings (SSSR count). The van der Waals surface area contributed by atoms with Crippen molar-refractivity contribution in [3.63, 3.8) is 0 Å². The summed E-state index contributed by atoms with van der Waals surface area (Å²) in [6.07, 6.45) is -0.847. The lowest BCUT2D eigenvalue weighted by Crippen LogP contribution is -2.38. The zero-order valence-corrected chi connectivity index (χ0v) is 11.5. The quantitative estimate of drug-likeness (QED) is 0.738. The van der Waals surface area contributed by atoms with Crippen LogP contribution in [-0.4, -0.2) is 23.5 Å². The summed E-state index contributed by atoms with van der Waals surface area (Å²) in [5.74, 6) is -1.95. The van der Waals surface area contributed by atoms with Crippen LogP contribution in [0.15, 0.2) is 29.0 Å². The van der Waals surface area contributed by atoms with E-state index in [0.717, 1.165) is 15.3 Å². The fraction of sp³-hybridized carbons (Fsp3) is 0.167. The van der Waals surface area contributed by atoms with E-state index in [0.29, 0.717) is 0 Å². The minimum Gasteiger partial charge on any atom is -0.386 e. The van der Waals surface area contributed by atoms with Gasteiger partial charge in [-0.05, 0) is 29.0 Å². The van der Waals surface area contributed by atoms with E-state index < -0.39 is 17.9 Å². The third-order valence-corrected chi connectivity index (χ3v) is 4.36. The molecule has 100 valence electrons. The maximum atomic E-state index is 11.0. The molecule has 2 amide bonds. The Morgan fingerprint density at radius 1 is 1.37 bits per heavy atom. The van der Waals surface area contributed by atoms with Crippen molar-refractivity contribution >= 4 is 34.5 Å². The first-order chi connectivity index (χ1) is 9.08. The lowest BCUT2D eigenvalue weighted by Gasteiger charge is -2.08. The van der Waals surface area contributed by atoms with E-state index in [4.69, 9.17) is 5.73 Å². The summed E-state index contributed by atoms with van der Waals surface area (Å²) >= 11 is 3.05. The fourth-order valence-corrected chi connectivity index (χ4v) is 3.19. The zero-order valence-electron chi connectivity index (χ0n) is 9.83. The van der Waals surface area contributed by atoms with Crippen LogP contribution in [-0.2, 0) is 9.59 Å². The monoisotopic (exact) mass is 296 g/mol. The van der Waals surface area contributed by atoms with Crippen molar-refractivity contribution in [2.45, 2.75) is 6.10 Å². The molecule has 0 aliphatic carbocycles. The number of carbonyl (C=O) groups is 2. The number of nitrogens with two attached hydrogens (primary N) is 1. The van der Waals surface area contributed by atoms with Gasteiger partial charge in [0.25, 0.3) is 0 Å². The highest BCUT2D eigenvalue weighted by atomic mass is 32.1. The number of hydrogen-bond acceptors (Lipinski definition) is 5. The molecule has 7 heteroatoms. The van der Waals surface area contributed by atoms with Crippen LogP contribution in [0.2, 0.25) is 0 Å². The first-order valence-electron chi connectivity index (χ1n) is 5.46. The molecule has 4 N–H and O–H groups in total. The molecular formula is C12H12N2O3S2. The van der Waals surface area contributed by atoms with Crippen LogP contribution in [0.4, 0.5) is 0 Å². The van der Waals surface area contributed by atoms with Crippen molar-refractivity contribution in [2.75, 3.05) is 6.54 Å². The van der Waals surface area contributed by atoms with Crippen molar-refractivity contribution in [1.29, 1.82) is 0 Å². The molecule has 2 aromatic rings. The normalized spacial score (nSPS) is 12.1. The molecule has 1 atom stereocenters. The summed E-state index contributed by atoms with van der Waals surface area (Å²) in [7, 11) is 0. The minimum absolute atomic E-state index is 0.0363. The van der Waals surface area contributed by atoms with Gasteiger partial charge >= 0.3 is 11.8 Å². The number of aliphatic hydroxyl groups is 1. The SMILES string of the molecule is NC(=O)C(=O)NCC(O)c1ccc(-c2ccsc2)s1. The molecule has 5 nitrogen and oxygen atoms in total. The first kappa shape index (κ1) is 13.7. The van der Waals surface area contributed by atoms with Crippen LogP contribution >= 0.6 is 22.7 Å². The van der Waals surface area contributed by atoms with Gasteiger partial charge in [-0.3, -0.25) is 9.59 Å². The Labute approximate surface area is 117 Å². The van der Waals surface area contributed by atoms with Gasteiger partial charge in [0.15, 0.2) is 0 Å². The number of carbonyl (C=O) groups excluding carboxylic acids is 2. The molecule has 0 saturated heterocycles. The largest absolute Gasteiger partial charge is 0.386 e. The van der Waals surface area contributed by atoms with Crippen LogP contribution in [0, 0.1) is 0 Å². The predicted octanol–water partition coefficient (Wildman–Crippen LogP) is 1.11. The molecule has 0 fully saturated rings. The fourth-order valence-electron chi connectivity index (χ4n) is 1.47. The third kappa shape index (κ3) is 3.40. The summed E-state index contributed by atoms with van der Waals surface area (Å²) in [6.45, 7) is -0.0363. The lowest BCUT2D eigenvalue weighted by molar-refractivity contribution is -0.137. The number of thiophene rings is 2. The smallest absolute Gasteiger partial charge is 0.309 e. The second-order valence-electron chi connectivity index (χ2n) is 3.80. The van der Waals surface area contributed by atoms with Gasteiger partial charge in [-0.15, -0.1) is 11.3 Å². The molecule has 1 unspecified atom stereocenters. The van der Waals surface area contributed by atoms with Gasteiger partial charge in [0.2, 0.25) is 0 Å². The Morgan fingerprint density at radius 2 is 2.16 bits per heavy atom. The number of hydrogen-bond donors (Lipinski definition) is 3. The van der Waals surface area contributed by atoms with Gasteiger partial charge in [-0.25, -0.2) is 0 Å². The van der Waals surface area contributed by atoms with Crippen molar-refractivity contribution in [2.24, 2.45) is 5.73 Å². The summed E-state index contributed by atoms with van der Waals surface area (Å²) in [5.41, 5.74) is 5.91. The van der Waals surface area contributed by atoms with Crippen LogP contribution < -0.4 is 11.1 Å². The van der Waals surface area contributed by atoms with Crippen LogP contribution in [0.5, 0.6) is 0 Å². The van der Waals surface area contributed by atoms with E-state index in [1.165, 1.54) is 11.3 Å². The Bertz CT molecular complexity index is 578. The van der Waals surface area contributed by atoms with E-state index in [1.807, 2.05) is 22.9 Å². The Morgan fingerprint density at radius 3 is 2.79 bits per heavy atom. The molecule has 2 aromatic heterocycles. The average molecular weight is 296 g/mol. The Balaban J connectivity index is 1.98. The third-order valence-electron chi connectivity index (χ3n) is 2.44. The maximum Gasteiger partial charge on any atom is 0.309 e. The molecule has 0 aliphatic rings. The highest BCUT2D eigenvalue weighted by molar-refractivity contribution is 7.16. The summed E-state index contributed by atoms with van der Waals surface area (Å²) < 4.78 is 0. The van der Waals surface area contributed by atoms with Gasteiger partial charge in [0.05, 0.1) is 0 Å². The minimum atomic E-state index is -1.06. The van der Waals surface area contributed by atoms with Gasteiger partial charge in [-0.1, -0.05) is 0 Å². The number of primary amides is 1. The van der Waals surface area contributed by atoms with E-state index in [-0.39, 0.29) is 6.54 Å². The highest BCUT2D eigenvalue weighted by Crippen LogP contribution is 2.32. The molecule has 0 bridgehead atoms. The van der Waals surface area contributed by atoms with Gasteiger partial charge < -0.3 is 16.2 Å². The lowest BCUT2D eigenvalue weighted by atomic mass is 10.2. The van der Waals surface area contributed by atoms with Crippen molar-refractivity contribution in [3.05, 3.63) is 33.8 Å². The highest BCUT2D eigenvalue weighted by Gasteiger charge is 2.14. The maximum absolute atomic E-state index is 11.0. The Hall–Kier alpha value is -1.70. The summed E-state index contributed by atoms with van der Waals surface area (Å²) in [6, 6.07) is 5.72. The first-order valence-corrected chi connectivity index (χ1v) is 7.22. The molecule has 0 radical (unpaired) electrons. The number of nitrogens with one attached hydrogen (secondary N) is 1. The van der Waals surface area contributed by atoms with Crippen LogP contribution in [0.25, 0.3) is 10.4 Å². The predicted molar refractivity (Wildman–Crippen MR) is 74.8 cm³/mol. The molecule has 0 aromatic carbocycles. The molecule has 19 heavy (non-hydrogen) atoms. The van der Waals surface area contributed by atoms with Crippen molar-refractivity contribution < 1.29 is 14.7 Å². The van der Waals surface area contributed by atoms with E-state index in [2.05, 4.69) is 5.32 Å². The number of rotatable bonds is 4. The van der Waals surface area contributed by atoms with Crippen molar-refractivity contribution in [3.8, 4) is 10.4 Å². The van der Waals surface area contributed by atoms with Crippen LogP contribution in [0.1, 0.15) is 11.0 Å². The van der Waals surface area contributed by atoms with E-state index >= 15 is 0 Å². The standard InChI is InChI=1S/C12H12N2O3S2/c13-11(16)12(17)14-5-8(15)10-2-1-9(19-10)7-3-4-18-6-7/h1-4,6,8,15H,5H2,(H2,13,16)(H,14,17). The zero-order chi connectivity index (χ0) is 13.8. The molecule has 0 spiro atoms. The van der Waals surface area contributed by atoms with Gasteiger partial charge in [-0.2, -0.15) is 11.3 Å². The van der Waals surface area contributed by atoms with Gasteiger partial charge in [0.1, 0.15) is 6.10 Å². The van der Waals surface area contributed by atoms with E-state index in [9.17, 15) is 14.7 Å². The van der Waals surface area contributed by atoms with Crippen LogP contribution in [0.3, 0.4) is 0 Å². The van der Waals surface area contributed by atoms with E-state index in [1.54, 1.807) is 17.4 Å². The second-order valence-corrected chi connectivity index (χ2v) is 5.70. The average Bonchev–Trinajstić information content (AvgIpc) is 3.04. The number of amides is 2. The van der Waals surface area contributed by atoms with Gasteiger partial charge in [0, 0.05) is 21.9 Å².